The summed E-state index contributed by atoms with van der Waals surface area (Å²) in [6.07, 6.45) is 1.61. The van der Waals surface area contributed by atoms with E-state index in [2.05, 4.69) is 4.90 Å². The molecule has 2 heterocycles. The van der Waals surface area contributed by atoms with Crippen molar-refractivity contribution >= 4 is 17.7 Å². The van der Waals surface area contributed by atoms with Gasteiger partial charge in [-0.05, 0) is 44.5 Å². The number of carboxylic acid groups (broad SMARTS) is 2. The minimum atomic E-state index is -1.82. The summed E-state index contributed by atoms with van der Waals surface area (Å²) in [5.41, 5.74) is 0.370. The Morgan fingerprint density at radius 2 is 1.89 bits per heavy atom. The number of Topliss-reactive ketones (excluding diaryl/α,β-unsaturated/α-hetero) is 1. The third-order valence-electron chi connectivity index (χ3n) is 6.71. The number of carbonyl (C=O) groups is 3. The van der Waals surface area contributed by atoms with E-state index in [1.165, 1.54) is 0 Å². The van der Waals surface area contributed by atoms with Crippen LogP contribution in [0.5, 0.6) is 11.5 Å². The molecule has 0 amide bonds. The van der Waals surface area contributed by atoms with Crippen LogP contribution in [0.3, 0.4) is 0 Å². The van der Waals surface area contributed by atoms with Crippen LogP contribution >= 0.6 is 0 Å². The topological polar surface area (TPSA) is 145 Å². The van der Waals surface area contributed by atoms with Gasteiger partial charge >= 0.3 is 11.9 Å². The number of benzene rings is 1. The Morgan fingerprint density at radius 1 is 1.21 bits per heavy atom. The van der Waals surface area contributed by atoms with E-state index < -0.39 is 29.1 Å². The Kier molecular flexibility index (Phi) is 3.95. The highest BCUT2D eigenvalue weighted by Crippen LogP contribution is 2.64. The molecule has 2 aliphatic carbocycles. The number of likely N-dealkylation sites (N-methyl/N-ethyl adjacent to an activating group) is 1. The molecule has 2 bridgehead atoms. The summed E-state index contributed by atoms with van der Waals surface area (Å²) >= 11 is 0. The number of aromatic hydroxyl groups is 1. The number of carbonyl (C=O) groups excluding carboxylic acids is 1. The number of hydrogen-bond donors (Lipinski definition) is 4. The normalized spacial score (nSPS) is 34.6. The maximum Gasteiger partial charge on any atom is 0.414 e. The van der Waals surface area contributed by atoms with Crippen molar-refractivity contribution in [2.24, 2.45) is 0 Å². The van der Waals surface area contributed by atoms with Gasteiger partial charge in [0.15, 0.2) is 23.4 Å². The van der Waals surface area contributed by atoms with Crippen LogP contribution in [0.15, 0.2) is 12.1 Å². The highest BCUT2D eigenvalue weighted by atomic mass is 16.5. The van der Waals surface area contributed by atoms with Crippen molar-refractivity contribution in [1.82, 2.24) is 4.90 Å². The van der Waals surface area contributed by atoms with Crippen LogP contribution in [0.2, 0.25) is 0 Å². The summed E-state index contributed by atoms with van der Waals surface area (Å²) in [6.45, 7) is 0.828. The van der Waals surface area contributed by atoms with Crippen molar-refractivity contribution in [2.75, 3.05) is 13.6 Å². The second kappa shape index (κ2) is 5.92. The first kappa shape index (κ1) is 18.7. The molecule has 4 N–H and O–H groups in total. The Labute approximate surface area is 160 Å². The number of rotatable bonds is 0. The van der Waals surface area contributed by atoms with E-state index in [4.69, 9.17) is 24.5 Å². The van der Waals surface area contributed by atoms with E-state index in [0.29, 0.717) is 25.0 Å². The summed E-state index contributed by atoms with van der Waals surface area (Å²) in [5, 5.41) is 36.6. The third kappa shape index (κ3) is 2.17. The molecule has 5 rings (SSSR count). The molecule has 9 heteroatoms. The number of hydrogen-bond acceptors (Lipinski definition) is 7. The quantitative estimate of drug-likeness (QED) is 0.446. The summed E-state index contributed by atoms with van der Waals surface area (Å²) in [4.78, 5) is 32.9. The first-order chi connectivity index (χ1) is 13.1. The molecule has 1 aromatic carbocycles. The molecule has 0 aromatic heterocycles. The predicted octanol–water partition coefficient (Wildman–Crippen LogP) is -0.0992. The van der Waals surface area contributed by atoms with Gasteiger partial charge in [0, 0.05) is 18.0 Å². The Morgan fingerprint density at radius 3 is 2.54 bits per heavy atom. The van der Waals surface area contributed by atoms with E-state index in [1.54, 1.807) is 6.07 Å². The maximum atomic E-state index is 12.5. The largest absolute Gasteiger partial charge is 0.504 e. The molecule has 1 aromatic rings. The number of carboxylic acids is 2. The lowest BCUT2D eigenvalue weighted by molar-refractivity contribution is -0.185. The summed E-state index contributed by atoms with van der Waals surface area (Å²) in [5.74, 6) is -3.09. The molecule has 2 fully saturated rings. The van der Waals surface area contributed by atoms with Crippen LogP contribution in [0.25, 0.3) is 0 Å². The zero-order valence-electron chi connectivity index (χ0n) is 15.2. The van der Waals surface area contributed by atoms with Gasteiger partial charge in [0.25, 0.3) is 0 Å². The van der Waals surface area contributed by atoms with Gasteiger partial charge in [-0.2, -0.15) is 0 Å². The predicted molar refractivity (Wildman–Crippen MR) is 93.4 cm³/mol. The average molecular weight is 391 g/mol. The summed E-state index contributed by atoms with van der Waals surface area (Å²) < 4.78 is 5.94. The fourth-order valence-electron chi connectivity index (χ4n) is 5.54. The van der Waals surface area contributed by atoms with Gasteiger partial charge in [0.1, 0.15) is 0 Å². The lowest BCUT2D eigenvalue weighted by atomic mass is 9.49. The molecule has 0 unspecified atom stereocenters. The molecule has 1 saturated carbocycles. The fourth-order valence-corrected chi connectivity index (χ4v) is 5.54. The van der Waals surface area contributed by atoms with Crippen LogP contribution < -0.4 is 4.74 Å². The minimum Gasteiger partial charge on any atom is -0.504 e. The average Bonchev–Trinajstić information content (AvgIpc) is 3.00. The molecule has 0 radical (unpaired) electrons. The molecule has 4 aliphatic rings. The second-order valence-corrected chi connectivity index (χ2v) is 7.87. The molecule has 28 heavy (non-hydrogen) atoms. The minimum absolute atomic E-state index is 0.00319. The maximum absolute atomic E-state index is 12.5. The van der Waals surface area contributed by atoms with E-state index in [9.17, 15) is 15.0 Å². The number of piperidine rings is 1. The smallest absolute Gasteiger partial charge is 0.414 e. The van der Waals surface area contributed by atoms with Crippen molar-refractivity contribution in [3.8, 4) is 11.5 Å². The molecular formula is C19H21NO8. The van der Waals surface area contributed by atoms with Gasteiger partial charge < -0.3 is 30.1 Å². The first-order valence-electron chi connectivity index (χ1n) is 9.07. The number of ketones is 1. The van der Waals surface area contributed by atoms with Crippen LogP contribution in [0.4, 0.5) is 0 Å². The first-order valence-corrected chi connectivity index (χ1v) is 9.07. The number of nitrogens with zero attached hydrogens (tertiary/aromatic N) is 1. The van der Waals surface area contributed by atoms with Crippen LogP contribution in [0, 0.1) is 0 Å². The van der Waals surface area contributed by atoms with Gasteiger partial charge in [-0.3, -0.25) is 4.79 Å². The van der Waals surface area contributed by atoms with Crippen LogP contribution in [0.1, 0.15) is 30.4 Å². The number of aliphatic hydroxyl groups is 1. The van der Waals surface area contributed by atoms with Gasteiger partial charge in [-0.15, -0.1) is 0 Å². The van der Waals surface area contributed by atoms with E-state index >= 15 is 0 Å². The zero-order chi connectivity index (χ0) is 20.4. The molecule has 150 valence electrons. The molecule has 1 saturated heterocycles. The van der Waals surface area contributed by atoms with E-state index in [1.807, 2.05) is 13.1 Å². The Balaban J connectivity index is 0.000000283. The van der Waals surface area contributed by atoms with Gasteiger partial charge in [-0.1, -0.05) is 6.07 Å². The summed E-state index contributed by atoms with van der Waals surface area (Å²) in [7, 11) is 2.04. The lowest BCUT2D eigenvalue weighted by Crippen LogP contribution is -2.76. The monoisotopic (exact) mass is 391 g/mol. The third-order valence-corrected chi connectivity index (χ3v) is 6.71. The van der Waals surface area contributed by atoms with Crippen molar-refractivity contribution in [3.63, 3.8) is 0 Å². The van der Waals surface area contributed by atoms with Gasteiger partial charge in [0.2, 0.25) is 0 Å². The molecular weight excluding hydrogens is 370 g/mol. The van der Waals surface area contributed by atoms with Gasteiger partial charge in [0.05, 0.1) is 11.0 Å². The zero-order valence-corrected chi connectivity index (χ0v) is 15.2. The number of aliphatic carboxylic acids is 2. The molecule has 9 nitrogen and oxygen atoms in total. The van der Waals surface area contributed by atoms with Crippen molar-refractivity contribution in [1.29, 1.82) is 0 Å². The standard InChI is InChI=1S/C17H19NO4.C2H2O4/c1-18-7-6-16-13-9-2-3-10(19)14(13)22-15(16)11(20)4-5-17(16,21)12(18)8-9;3-1(4)2(5)6/h2-3,12,15,19,21H,4-8H2,1H3;(H,3,4)(H,5,6)/t12-,15+,16+,17-;/m1./s1. The van der Waals surface area contributed by atoms with Crippen molar-refractivity contribution in [3.05, 3.63) is 23.3 Å². The van der Waals surface area contributed by atoms with Crippen LogP contribution in [-0.4, -0.2) is 74.4 Å². The van der Waals surface area contributed by atoms with Crippen molar-refractivity contribution in [2.45, 2.75) is 48.8 Å². The number of phenols is 1. The Hall–Kier alpha value is -2.65. The van der Waals surface area contributed by atoms with E-state index in [0.717, 1.165) is 24.1 Å². The Bertz CT molecular complexity index is 886. The number of ether oxygens (including phenoxy) is 1. The number of phenolic OH excluding ortho intramolecular Hbond substituents is 1. The van der Waals surface area contributed by atoms with E-state index in [-0.39, 0.29) is 17.6 Å². The highest BCUT2D eigenvalue weighted by molar-refractivity contribution is 6.27. The summed E-state index contributed by atoms with van der Waals surface area (Å²) in [6, 6.07) is 3.57. The fraction of sp³-hybridized carbons (Fsp3) is 0.526. The molecule has 1 spiro atoms. The molecule has 2 aliphatic heterocycles. The second-order valence-electron chi connectivity index (χ2n) is 7.87. The van der Waals surface area contributed by atoms with Crippen molar-refractivity contribution < 1.29 is 39.5 Å². The van der Waals surface area contributed by atoms with Crippen LogP contribution in [-0.2, 0) is 26.2 Å². The highest BCUT2D eigenvalue weighted by Gasteiger charge is 2.72. The number of likely N-dealkylation sites (tertiary alicyclic amines) is 1. The van der Waals surface area contributed by atoms with Gasteiger partial charge in [-0.25, -0.2) is 9.59 Å². The SMILES string of the molecule is CN1CC[C@]23c4c5ccc(O)c4O[C@H]2C(=O)CC[C@@]3(O)[C@H]1C5.O=C(O)C(=O)O. The molecule has 4 atom stereocenters. The lowest BCUT2D eigenvalue weighted by Gasteiger charge is -2.61.